The highest BCUT2D eigenvalue weighted by Gasteiger charge is 2.21. The highest BCUT2D eigenvalue weighted by Crippen LogP contribution is 2.18. The van der Waals surface area contributed by atoms with Gasteiger partial charge in [-0.05, 0) is 39.0 Å². The molecule has 1 unspecified atom stereocenters. The van der Waals surface area contributed by atoms with E-state index in [1.807, 2.05) is 32.1 Å². The number of likely N-dealkylation sites (N-methyl/N-ethyl adjacent to an activating group) is 1. The van der Waals surface area contributed by atoms with Gasteiger partial charge in [0.2, 0.25) is 0 Å². The standard InChI is InChI=1S/C13H21NO/c1-5-6-7-13(11(2)3)15-12-8-9-14(4)10-12/h5-7,12H,2,8-10H2,1,3-4H3/b6-5-,13-7+. The van der Waals surface area contributed by atoms with Crippen LogP contribution in [0, 0.1) is 0 Å². The first kappa shape index (κ1) is 12.1. The third kappa shape index (κ3) is 3.92. The normalized spacial score (nSPS) is 23.7. The Hall–Kier alpha value is -1.02. The van der Waals surface area contributed by atoms with Crippen LogP contribution in [0.4, 0.5) is 0 Å². The minimum atomic E-state index is 0.322. The number of rotatable bonds is 4. The molecule has 2 nitrogen and oxygen atoms in total. The number of allylic oxidation sites excluding steroid dienone is 4. The van der Waals surface area contributed by atoms with Gasteiger partial charge >= 0.3 is 0 Å². The average Bonchev–Trinajstić information content (AvgIpc) is 2.58. The van der Waals surface area contributed by atoms with Crippen LogP contribution in [-0.4, -0.2) is 31.1 Å². The van der Waals surface area contributed by atoms with E-state index in [4.69, 9.17) is 4.74 Å². The van der Waals surface area contributed by atoms with E-state index in [0.29, 0.717) is 6.10 Å². The Morgan fingerprint density at radius 1 is 1.53 bits per heavy atom. The molecule has 1 rings (SSSR count). The second-order valence-corrected chi connectivity index (χ2v) is 4.13. The van der Waals surface area contributed by atoms with Crippen molar-refractivity contribution < 1.29 is 4.74 Å². The molecular weight excluding hydrogens is 186 g/mol. The molecule has 1 saturated heterocycles. The van der Waals surface area contributed by atoms with Crippen molar-refractivity contribution in [1.82, 2.24) is 4.90 Å². The maximum Gasteiger partial charge on any atom is 0.122 e. The lowest BCUT2D eigenvalue weighted by Gasteiger charge is -2.16. The van der Waals surface area contributed by atoms with Crippen LogP contribution in [0.1, 0.15) is 20.3 Å². The van der Waals surface area contributed by atoms with Crippen molar-refractivity contribution in [2.45, 2.75) is 26.4 Å². The van der Waals surface area contributed by atoms with Gasteiger partial charge < -0.3 is 9.64 Å². The minimum absolute atomic E-state index is 0.322. The van der Waals surface area contributed by atoms with Gasteiger partial charge in [0, 0.05) is 13.1 Å². The number of hydrogen-bond donors (Lipinski definition) is 0. The molecule has 2 heteroatoms. The third-order valence-electron chi connectivity index (χ3n) is 2.50. The highest BCUT2D eigenvalue weighted by atomic mass is 16.5. The lowest BCUT2D eigenvalue weighted by molar-refractivity contribution is 0.130. The van der Waals surface area contributed by atoms with Crippen LogP contribution in [0.3, 0.4) is 0 Å². The van der Waals surface area contributed by atoms with E-state index in [2.05, 4.69) is 18.5 Å². The smallest absolute Gasteiger partial charge is 0.122 e. The SMILES string of the molecule is C=C(C)/C(=C\C=C/C)OC1CCN(C)C1. The van der Waals surface area contributed by atoms with Gasteiger partial charge in [0.1, 0.15) is 11.9 Å². The monoisotopic (exact) mass is 207 g/mol. The first-order valence-electron chi connectivity index (χ1n) is 5.47. The van der Waals surface area contributed by atoms with Crippen LogP contribution in [-0.2, 0) is 4.74 Å². The maximum atomic E-state index is 5.91. The van der Waals surface area contributed by atoms with E-state index in [-0.39, 0.29) is 0 Å². The fourth-order valence-electron chi connectivity index (χ4n) is 1.64. The summed E-state index contributed by atoms with van der Waals surface area (Å²) in [5.74, 6) is 0.911. The summed E-state index contributed by atoms with van der Waals surface area (Å²) in [4.78, 5) is 2.29. The van der Waals surface area contributed by atoms with E-state index in [1.54, 1.807) is 0 Å². The lowest BCUT2D eigenvalue weighted by Crippen LogP contribution is -2.19. The molecule has 0 aromatic rings. The molecule has 84 valence electrons. The maximum absolute atomic E-state index is 5.91. The predicted molar refractivity (Wildman–Crippen MR) is 64.7 cm³/mol. The fourth-order valence-corrected chi connectivity index (χ4v) is 1.64. The molecule has 0 radical (unpaired) electrons. The zero-order valence-electron chi connectivity index (χ0n) is 9.99. The van der Waals surface area contributed by atoms with Gasteiger partial charge in [0.05, 0.1) is 0 Å². The minimum Gasteiger partial charge on any atom is -0.489 e. The molecule has 0 spiro atoms. The fraction of sp³-hybridized carbons (Fsp3) is 0.538. The topological polar surface area (TPSA) is 12.5 Å². The van der Waals surface area contributed by atoms with Gasteiger partial charge in [0.15, 0.2) is 0 Å². The van der Waals surface area contributed by atoms with E-state index in [0.717, 1.165) is 30.8 Å². The van der Waals surface area contributed by atoms with E-state index in [9.17, 15) is 0 Å². The van der Waals surface area contributed by atoms with Crippen molar-refractivity contribution in [2.24, 2.45) is 0 Å². The molecule has 0 saturated carbocycles. The van der Waals surface area contributed by atoms with E-state index >= 15 is 0 Å². The molecule has 1 aliphatic heterocycles. The second-order valence-electron chi connectivity index (χ2n) is 4.13. The molecule has 0 bridgehead atoms. The van der Waals surface area contributed by atoms with Gasteiger partial charge in [-0.25, -0.2) is 0 Å². The van der Waals surface area contributed by atoms with Crippen LogP contribution in [0.5, 0.6) is 0 Å². The van der Waals surface area contributed by atoms with Crippen molar-refractivity contribution in [1.29, 1.82) is 0 Å². The number of hydrogen-bond acceptors (Lipinski definition) is 2. The molecule has 1 aliphatic rings. The quantitative estimate of drug-likeness (QED) is 0.519. The molecule has 0 aromatic heterocycles. The number of likely N-dealkylation sites (tertiary alicyclic amines) is 1. The zero-order chi connectivity index (χ0) is 11.3. The van der Waals surface area contributed by atoms with Crippen LogP contribution in [0.2, 0.25) is 0 Å². The largest absolute Gasteiger partial charge is 0.489 e. The summed E-state index contributed by atoms with van der Waals surface area (Å²) >= 11 is 0. The summed E-state index contributed by atoms with van der Waals surface area (Å²) in [6.45, 7) is 10.0. The molecule has 15 heavy (non-hydrogen) atoms. The predicted octanol–water partition coefficient (Wildman–Crippen LogP) is 2.74. The summed E-state index contributed by atoms with van der Waals surface area (Å²) < 4.78 is 5.91. The first-order chi connectivity index (χ1) is 7.13. The van der Waals surface area contributed by atoms with Gasteiger partial charge in [-0.2, -0.15) is 0 Å². The van der Waals surface area contributed by atoms with Crippen LogP contribution in [0.25, 0.3) is 0 Å². The Bertz CT molecular complexity index is 278. The second kappa shape index (κ2) is 5.76. The lowest BCUT2D eigenvalue weighted by atomic mass is 10.2. The Kier molecular flexibility index (Phi) is 4.63. The van der Waals surface area contributed by atoms with Crippen molar-refractivity contribution in [3.63, 3.8) is 0 Å². The Morgan fingerprint density at radius 2 is 2.27 bits per heavy atom. The van der Waals surface area contributed by atoms with Crippen molar-refractivity contribution in [3.05, 3.63) is 36.1 Å². The van der Waals surface area contributed by atoms with Gasteiger partial charge in [-0.1, -0.05) is 18.7 Å². The van der Waals surface area contributed by atoms with Gasteiger partial charge in [0.25, 0.3) is 0 Å². The van der Waals surface area contributed by atoms with Crippen LogP contribution >= 0.6 is 0 Å². The molecule has 0 aromatic carbocycles. The Balaban J connectivity index is 2.55. The first-order valence-corrected chi connectivity index (χ1v) is 5.47. The summed E-state index contributed by atoms with van der Waals surface area (Å²) in [6.07, 6.45) is 7.40. The van der Waals surface area contributed by atoms with Crippen molar-refractivity contribution in [2.75, 3.05) is 20.1 Å². The summed E-state index contributed by atoms with van der Waals surface area (Å²) in [6, 6.07) is 0. The Morgan fingerprint density at radius 3 is 2.73 bits per heavy atom. The van der Waals surface area contributed by atoms with E-state index in [1.165, 1.54) is 0 Å². The van der Waals surface area contributed by atoms with Crippen LogP contribution < -0.4 is 0 Å². The third-order valence-corrected chi connectivity index (χ3v) is 2.50. The summed E-state index contributed by atoms with van der Waals surface area (Å²) in [5, 5.41) is 0. The summed E-state index contributed by atoms with van der Waals surface area (Å²) in [7, 11) is 2.12. The zero-order valence-corrected chi connectivity index (χ0v) is 9.99. The highest BCUT2D eigenvalue weighted by molar-refractivity contribution is 5.24. The number of ether oxygens (including phenoxy) is 1. The molecule has 1 atom stereocenters. The molecule has 1 heterocycles. The average molecular weight is 207 g/mol. The Labute approximate surface area is 92.9 Å². The van der Waals surface area contributed by atoms with E-state index < -0.39 is 0 Å². The molecule has 0 amide bonds. The molecule has 1 fully saturated rings. The molecule has 0 aliphatic carbocycles. The molecule has 0 N–H and O–H groups in total. The van der Waals surface area contributed by atoms with Gasteiger partial charge in [-0.15, -0.1) is 0 Å². The van der Waals surface area contributed by atoms with Crippen molar-refractivity contribution >= 4 is 0 Å². The van der Waals surface area contributed by atoms with Gasteiger partial charge in [-0.3, -0.25) is 0 Å². The van der Waals surface area contributed by atoms with Crippen LogP contribution in [0.15, 0.2) is 36.1 Å². The van der Waals surface area contributed by atoms with Crippen molar-refractivity contribution in [3.8, 4) is 0 Å². The summed E-state index contributed by atoms with van der Waals surface area (Å²) in [5.41, 5.74) is 0.989. The number of nitrogens with zero attached hydrogens (tertiary/aromatic N) is 1. The molecular formula is C13H21NO.